The Kier molecular flexibility index (Phi) is 5.93. The highest BCUT2D eigenvalue weighted by atomic mass is 79.9. The van der Waals surface area contributed by atoms with Gasteiger partial charge in [0.2, 0.25) is 0 Å². The summed E-state index contributed by atoms with van der Waals surface area (Å²) in [5, 5.41) is 3.70. The molecule has 100 valence electrons. The Labute approximate surface area is 130 Å². The fourth-order valence-corrected chi connectivity index (χ4v) is 5.31. The van der Waals surface area contributed by atoms with E-state index in [0.717, 1.165) is 6.54 Å². The van der Waals surface area contributed by atoms with Crippen LogP contribution >= 0.6 is 43.2 Å². The zero-order chi connectivity index (χ0) is 13.0. The SMILES string of the molecule is CCCNC(C1=CCCCC1)c1cc(Br)sc1Br. The predicted octanol–water partition coefficient (Wildman–Crippen LogP) is 5.81. The van der Waals surface area contributed by atoms with Gasteiger partial charge < -0.3 is 5.32 Å². The van der Waals surface area contributed by atoms with E-state index in [9.17, 15) is 0 Å². The molecule has 1 N–H and O–H groups in total. The third-order valence-corrected chi connectivity index (χ3v) is 5.68. The van der Waals surface area contributed by atoms with E-state index in [-0.39, 0.29) is 0 Å². The van der Waals surface area contributed by atoms with Gasteiger partial charge in [0.05, 0.1) is 13.6 Å². The molecule has 1 aliphatic rings. The van der Waals surface area contributed by atoms with Crippen molar-refractivity contribution >= 4 is 43.2 Å². The summed E-state index contributed by atoms with van der Waals surface area (Å²) < 4.78 is 2.44. The van der Waals surface area contributed by atoms with Gasteiger partial charge in [-0.3, -0.25) is 0 Å². The topological polar surface area (TPSA) is 12.0 Å². The second-order valence-corrected chi connectivity index (χ2v) is 8.44. The van der Waals surface area contributed by atoms with Crippen LogP contribution in [0.1, 0.15) is 50.6 Å². The van der Waals surface area contributed by atoms with E-state index in [1.165, 1.54) is 45.2 Å². The summed E-state index contributed by atoms with van der Waals surface area (Å²) in [6.45, 7) is 3.29. The summed E-state index contributed by atoms with van der Waals surface area (Å²) in [5.41, 5.74) is 2.95. The third kappa shape index (κ3) is 3.69. The smallest absolute Gasteiger partial charge is 0.0761 e. The van der Waals surface area contributed by atoms with Crippen LogP contribution in [0.2, 0.25) is 0 Å². The van der Waals surface area contributed by atoms with Crippen LogP contribution in [0.5, 0.6) is 0 Å². The first kappa shape index (κ1) is 14.8. The van der Waals surface area contributed by atoms with Crippen LogP contribution in [-0.4, -0.2) is 6.54 Å². The summed E-state index contributed by atoms with van der Waals surface area (Å²) in [5.74, 6) is 0. The van der Waals surface area contributed by atoms with E-state index >= 15 is 0 Å². The highest BCUT2D eigenvalue weighted by molar-refractivity contribution is 9.12. The van der Waals surface area contributed by atoms with Gasteiger partial charge in [0, 0.05) is 0 Å². The van der Waals surface area contributed by atoms with Crippen LogP contribution in [0.15, 0.2) is 25.3 Å². The molecule has 1 nitrogen and oxygen atoms in total. The van der Waals surface area contributed by atoms with E-state index in [2.05, 4.69) is 56.2 Å². The normalized spacial score (nSPS) is 17.6. The lowest BCUT2D eigenvalue weighted by atomic mass is 9.91. The molecule has 0 saturated carbocycles. The van der Waals surface area contributed by atoms with Gasteiger partial charge >= 0.3 is 0 Å². The molecule has 0 saturated heterocycles. The Morgan fingerprint density at radius 3 is 2.78 bits per heavy atom. The van der Waals surface area contributed by atoms with Gasteiger partial charge in [0.15, 0.2) is 0 Å². The Hall–Kier alpha value is 0.360. The third-order valence-electron chi connectivity index (χ3n) is 3.29. The fraction of sp³-hybridized carbons (Fsp3) is 0.571. The van der Waals surface area contributed by atoms with Crippen LogP contribution in [0.25, 0.3) is 0 Å². The molecule has 4 heteroatoms. The average Bonchev–Trinajstić information content (AvgIpc) is 2.70. The average molecular weight is 393 g/mol. The van der Waals surface area contributed by atoms with Gasteiger partial charge in [-0.05, 0) is 82.1 Å². The first-order valence-electron chi connectivity index (χ1n) is 6.59. The summed E-state index contributed by atoms with van der Waals surface area (Å²) in [6, 6.07) is 2.64. The molecule has 0 aromatic carbocycles. The molecule has 0 radical (unpaired) electrons. The van der Waals surface area contributed by atoms with Crippen molar-refractivity contribution in [1.82, 2.24) is 5.32 Å². The summed E-state index contributed by atoms with van der Waals surface area (Å²) in [7, 11) is 0. The van der Waals surface area contributed by atoms with Crippen LogP contribution in [0, 0.1) is 0 Å². The van der Waals surface area contributed by atoms with Crippen molar-refractivity contribution in [3.63, 3.8) is 0 Å². The van der Waals surface area contributed by atoms with Crippen LogP contribution in [0.3, 0.4) is 0 Å². The number of hydrogen-bond donors (Lipinski definition) is 1. The number of allylic oxidation sites excluding steroid dienone is 1. The van der Waals surface area contributed by atoms with Gasteiger partial charge in [-0.25, -0.2) is 0 Å². The molecular formula is C14H19Br2NS. The Balaban J connectivity index is 2.23. The molecule has 1 aromatic heterocycles. The first-order chi connectivity index (χ1) is 8.72. The molecule has 2 rings (SSSR count). The molecule has 1 unspecified atom stereocenters. The molecular weight excluding hydrogens is 374 g/mol. The molecule has 1 aromatic rings. The van der Waals surface area contributed by atoms with Gasteiger partial charge in [-0.1, -0.05) is 18.6 Å². The molecule has 18 heavy (non-hydrogen) atoms. The highest BCUT2D eigenvalue weighted by Gasteiger charge is 2.21. The minimum absolute atomic E-state index is 0.391. The maximum Gasteiger partial charge on any atom is 0.0761 e. The molecule has 0 fully saturated rings. The van der Waals surface area contributed by atoms with Gasteiger partial charge in [0.1, 0.15) is 0 Å². The van der Waals surface area contributed by atoms with Crippen molar-refractivity contribution in [3.05, 3.63) is 30.9 Å². The van der Waals surface area contributed by atoms with E-state index in [1.807, 2.05) is 0 Å². The largest absolute Gasteiger partial charge is 0.306 e. The van der Waals surface area contributed by atoms with Crippen molar-refractivity contribution in [3.8, 4) is 0 Å². The summed E-state index contributed by atoms with van der Waals surface area (Å²) in [4.78, 5) is 0. The fourth-order valence-electron chi connectivity index (χ4n) is 2.40. The van der Waals surface area contributed by atoms with E-state index in [0.29, 0.717) is 6.04 Å². The number of nitrogens with one attached hydrogen (secondary N) is 1. The van der Waals surface area contributed by atoms with Gasteiger partial charge in [-0.15, -0.1) is 11.3 Å². The number of thiophene rings is 1. The Morgan fingerprint density at radius 2 is 2.22 bits per heavy atom. The summed E-state index contributed by atoms with van der Waals surface area (Å²) in [6.07, 6.45) is 8.77. The van der Waals surface area contributed by atoms with Crippen molar-refractivity contribution in [2.45, 2.75) is 45.1 Å². The van der Waals surface area contributed by atoms with E-state index in [1.54, 1.807) is 16.9 Å². The van der Waals surface area contributed by atoms with Gasteiger partial charge in [-0.2, -0.15) is 0 Å². The molecule has 0 aliphatic heterocycles. The second kappa shape index (κ2) is 7.22. The lowest BCUT2D eigenvalue weighted by molar-refractivity contribution is 0.546. The predicted molar refractivity (Wildman–Crippen MR) is 87.3 cm³/mol. The standard InChI is InChI=1S/C14H19Br2NS/c1-2-8-17-13(10-6-4-3-5-7-10)11-9-12(15)18-14(11)16/h6,9,13,17H,2-5,7-8H2,1H3. The minimum atomic E-state index is 0.391. The molecule has 0 bridgehead atoms. The molecule has 0 amide bonds. The molecule has 1 heterocycles. The summed E-state index contributed by atoms with van der Waals surface area (Å²) >= 11 is 9.04. The lowest BCUT2D eigenvalue weighted by Gasteiger charge is -2.24. The number of halogens is 2. The Bertz CT molecular complexity index is 425. The van der Waals surface area contributed by atoms with Crippen molar-refractivity contribution in [2.24, 2.45) is 0 Å². The zero-order valence-corrected chi connectivity index (χ0v) is 14.6. The van der Waals surface area contributed by atoms with Crippen molar-refractivity contribution in [2.75, 3.05) is 6.54 Å². The van der Waals surface area contributed by atoms with Crippen molar-refractivity contribution in [1.29, 1.82) is 0 Å². The molecule has 0 spiro atoms. The first-order valence-corrected chi connectivity index (χ1v) is 8.99. The number of rotatable bonds is 5. The van der Waals surface area contributed by atoms with Gasteiger partial charge in [0.25, 0.3) is 0 Å². The minimum Gasteiger partial charge on any atom is -0.306 e. The monoisotopic (exact) mass is 391 g/mol. The Morgan fingerprint density at radius 1 is 1.39 bits per heavy atom. The molecule has 1 aliphatic carbocycles. The zero-order valence-electron chi connectivity index (χ0n) is 10.6. The van der Waals surface area contributed by atoms with Crippen molar-refractivity contribution < 1.29 is 0 Å². The number of hydrogen-bond acceptors (Lipinski definition) is 2. The quantitative estimate of drug-likeness (QED) is 0.623. The van der Waals surface area contributed by atoms with Crippen LogP contribution in [0.4, 0.5) is 0 Å². The van der Waals surface area contributed by atoms with Crippen LogP contribution < -0.4 is 5.32 Å². The lowest BCUT2D eigenvalue weighted by Crippen LogP contribution is -2.24. The highest BCUT2D eigenvalue weighted by Crippen LogP contribution is 2.39. The van der Waals surface area contributed by atoms with E-state index in [4.69, 9.17) is 0 Å². The maximum absolute atomic E-state index is 3.70. The van der Waals surface area contributed by atoms with E-state index < -0.39 is 0 Å². The maximum atomic E-state index is 3.70. The second-order valence-electron chi connectivity index (χ2n) is 4.69. The molecule has 1 atom stereocenters. The van der Waals surface area contributed by atoms with Crippen LogP contribution in [-0.2, 0) is 0 Å².